The number of hydrogen-bond donors (Lipinski definition) is 0. The maximum absolute atomic E-state index is 6.43. The van der Waals surface area contributed by atoms with Crippen LogP contribution in [-0.2, 0) is 4.87 Å². The maximum Gasteiger partial charge on any atom is 0.280 e. The van der Waals surface area contributed by atoms with Crippen LogP contribution in [0.4, 0.5) is 5.69 Å². The van der Waals surface area contributed by atoms with Crippen LogP contribution in [-0.4, -0.2) is 29.8 Å². The second-order valence-electron chi connectivity index (χ2n) is 6.39. The van der Waals surface area contributed by atoms with Crippen LogP contribution in [0.15, 0.2) is 17.1 Å². The third kappa shape index (κ3) is 4.10. The summed E-state index contributed by atoms with van der Waals surface area (Å²) in [4.78, 5) is 10.7. The predicted octanol–water partition coefficient (Wildman–Crippen LogP) is 6.05. The molecule has 0 unspecified atom stereocenters. The highest BCUT2D eigenvalue weighted by molar-refractivity contribution is 7.17. The Morgan fingerprint density at radius 2 is 2.08 bits per heavy atom. The Morgan fingerprint density at radius 1 is 1.36 bits per heavy atom. The lowest BCUT2D eigenvalue weighted by Gasteiger charge is -2.11. The lowest BCUT2D eigenvalue weighted by molar-refractivity contribution is 0.473. The van der Waals surface area contributed by atoms with Gasteiger partial charge in [-0.25, -0.2) is 9.98 Å². The van der Waals surface area contributed by atoms with Crippen molar-refractivity contribution in [3.63, 3.8) is 0 Å². The summed E-state index contributed by atoms with van der Waals surface area (Å²) in [6.45, 7) is 7.01. The van der Waals surface area contributed by atoms with E-state index in [-0.39, 0.29) is 4.87 Å². The topological polar surface area (TPSA) is 37.7 Å². The number of ether oxygens (including phenoxy) is 1. The number of aryl methyl sites for hydroxylation is 2. The first kappa shape index (κ1) is 18.5. The Kier molecular flexibility index (Phi) is 5.28. The fraction of sp³-hybridized carbons (Fsp3) is 0.444. The largest absolute Gasteiger partial charge is 0.431 e. The van der Waals surface area contributed by atoms with Crippen LogP contribution in [0.5, 0.6) is 10.9 Å². The molecule has 0 radical (unpaired) electrons. The number of hydrogen-bond acceptors (Lipinski definition) is 4. The lowest BCUT2D eigenvalue weighted by atomic mass is 10.1. The summed E-state index contributed by atoms with van der Waals surface area (Å²) in [6.07, 6.45) is 3.66. The molecule has 1 saturated carbocycles. The molecule has 0 saturated heterocycles. The summed E-state index contributed by atoms with van der Waals surface area (Å²) in [5, 5.41) is 0.524. The molecule has 1 aromatic heterocycles. The average molecular weight is 398 g/mol. The van der Waals surface area contributed by atoms with Gasteiger partial charge in [-0.15, -0.1) is 11.6 Å². The molecule has 1 aromatic carbocycles. The fourth-order valence-electron chi connectivity index (χ4n) is 2.31. The second kappa shape index (κ2) is 7.14. The zero-order valence-corrected chi connectivity index (χ0v) is 17.1. The van der Waals surface area contributed by atoms with Crippen molar-refractivity contribution in [3.05, 3.63) is 33.3 Å². The van der Waals surface area contributed by atoms with Gasteiger partial charge in [-0.2, -0.15) is 0 Å². The van der Waals surface area contributed by atoms with Gasteiger partial charge in [0.25, 0.3) is 5.19 Å². The van der Waals surface area contributed by atoms with Crippen molar-refractivity contribution in [1.29, 1.82) is 0 Å². The van der Waals surface area contributed by atoms with Crippen molar-refractivity contribution in [2.24, 2.45) is 4.99 Å². The molecule has 0 N–H and O–H groups in total. The quantitative estimate of drug-likeness (QED) is 0.338. The monoisotopic (exact) mass is 397 g/mol. The van der Waals surface area contributed by atoms with Gasteiger partial charge in [-0.1, -0.05) is 22.9 Å². The second-order valence-corrected chi connectivity index (χ2v) is 8.68. The summed E-state index contributed by atoms with van der Waals surface area (Å²) in [5.41, 5.74) is 3.71. The molecule has 2 aromatic rings. The van der Waals surface area contributed by atoms with E-state index in [4.69, 9.17) is 27.9 Å². The van der Waals surface area contributed by atoms with Crippen molar-refractivity contribution >= 4 is 46.6 Å². The Bertz CT molecular complexity index is 815. The normalized spacial score (nSPS) is 15.6. The highest BCUT2D eigenvalue weighted by Gasteiger charge is 2.46. The minimum Gasteiger partial charge on any atom is -0.431 e. The van der Waals surface area contributed by atoms with Gasteiger partial charge in [0.15, 0.2) is 0 Å². The molecular formula is C18H21Cl2N3OS. The van der Waals surface area contributed by atoms with E-state index in [2.05, 4.69) is 16.9 Å². The molecule has 7 heteroatoms. The number of halogens is 2. The van der Waals surface area contributed by atoms with E-state index in [0.717, 1.165) is 47.6 Å². The molecule has 134 valence electrons. The number of nitrogens with zero attached hydrogens (tertiary/aromatic N) is 3. The van der Waals surface area contributed by atoms with Gasteiger partial charge in [-0.3, -0.25) is 0 Å². The molecule has 0 atom stereocenters. The van der Waals surface area contributed by atoms with E-state index in [1.165, 1.54) is 11.3 Å². The van der Waals surface area contributed by atoms with Crippen molar-refractivity contribution in [3.8, 4) is 10.9 Å². The van der Waals surface area contributed by atoms with Crippen LogP contribution < -0.4 is 4.74 Å². The molecule has 0 amide bonds. The van der Waals surface area contributed by atoms with Gasteiger partial charge in [-0.05, 0) is 56.9 Å². The van der Waals surface area contributed by atoms with Gasteiger partial charge in [0.05, 0.1) is 22.6 Å². The van der Waals surface area contributed by atoms with E-state index in [9.17, 15) is 0 Å². The highest BCUT2D eigenvalue weighted by Crippen LogP contribution is 2.55. The van der Waals surface area contributed by atoms with Crippen LogP contribution >= 0.6 is 34.5 Å². The van der Waals surface area contributed by atoms with Crippen LogP contribution in [0.25, 0.3) is 0 Å². The fourth-order valence-corrected chi connectivity index (χ4v) is 3.83. The first-order valence-corrected chi connectivity index (χ1v) is 9.79. The van der Waals surface area contributed by atoms with Gasteiger partial charge in [0, 0.05) is 13.6 Å². The average Bonchev–Trinajstić information content (AvgIpc) is 3.20. The van der Waals surface area contributed by atoms with Gasteiger partial charge in [0.1, 0.15) is 10.1 Å². The lowest BCUT2D eigenvalue weighted by Crippen LogP contribution is -2.14. The molecule has 4 nitrogen and oxygen atoms in total. The van der Waals surface area contributed by atoms with Crippen LogP contribution in [0.2, 0.25) is 4.34 Å². The smallest absolute Gasteiger partial charge is 0.280 e. The number of rotatable bonds is 6. The molecule has 1 aliphatic carbocycles. The molecular weight excluding hydrogens is 377 g/mol. The first-order valence-electron chi connectivity index (χ1n) is 8.21. The summed E-state index contributed by atoms with van der Waals surface area (Å²) in [7, 11) is 2.00. The summed E-state index contributed by atoms with van der Waals surface area (Å²) < 4.78 is 6.59. The Morgan fingerprint density at radius 3 is 2.72 bits per heavy atom. The zero-order valence-electron chi connectivity index (χ0n) is 14.8. The van der Waals surface area contributed by atoms with Crippen molar-refractivity contribution < 1.29 is 4.74 Å². The highest BCUT2D eigenvalue weighted by atomic mass is 35.5. The summed E-state index contributed by atoms with van der Waals surface area (Å²) >= 11 is 14.0. The van der Waals surface area contributed by atoms with Crippen LogP contribution in [0, 0.1) is 13.8 Å². The molecule has 0 aliphatic heterocycles. The number of thiazole rings is 1. The molecule has 1 heterocycles. The van der Waals surface area contributed by atoms with Gasteiger partial charge >= 0.3 is 0 Å². The molecule has 0 spiro atoms. The number of aliphatic imine (C=N–C) groups is 1. The minimum absolute atomic E-state index is 0.385. The molecule has 3 rings (SSSR count). The van der Waals surface area contributed by atoms with Crippen LogP contribution in [0.1, 0.15) is 36.6 Å². The van der Waals surface area contributed by atoms with Crippen LogP contribution in [0.3, 0.4) is 0 Å². The van der Waals surface area contributed by atoms with Gasteiger partial charge < -0.3 is 9.64 Å². The Hall–Kier alpha value is -1.30. The number of alkyl halides is 1. The first-order chi connectivity index (χ1) is 11.8. The number of benzene rings is 1. The molecule has 0 bridgehead atoms. The van der Waals surface area contributed by atoms with Crippen molar-refractivity contribution in [2.75, 3.05) is 13.6 Å². The molecule has 25 heavy (non-hydrogen) atoms. The van der Waals surface area contributed by atoms with Crippen molar-refractivity contribution in [2.45, 2.75) is 38.5 Å². The van der Waals surface area contributed by atoms with E-state index < -0.39 is 0 Å². The zero-order chi connectivity index (χ0) is 18.2. The minimum atomic E-state index is -0.385. The number of aromatic nitrogens is 1. The summed E-state index contributed by atoms with van der Waals surface area (Å²) in [6, 6.07) is 4.00. The maximum atomic E-state index is 6.43. The Balaban J connectivity index is 1.82. The molecule has 1 fully saturated rings. The van der Waals surface area contributed by atoms with Crippen molar-refractivity contribution in [1.82, 2.24) is 9.88 Å². The van der Waals surface area contributed by atoms with E-state index in [1.807, 2.05) is 44.3 Å². The third-order valence-electron chi connectivity index (χ3n) is 4.26. The van der Waals surface area contributed by atoms with E-state index in [0.29, 0.717) is 9.53 Å². The summed E-state index contributed by atoms with van der Waals surface area (Å²) in [5.74, 6) is 0.761. The third-order valence-corrected chi connectivity index (χ3v) is 5.95. The SMILES string of the molecule is CCN(C)C=Nc1cc(C)c(Oc2nc(C3(Cl)CC3)c(Cl)s2)cc1C. The van der Waals surface area contributed by atoms with E-state index >= 15 is 0 Å². The van der Waals surface area contributed by atoms with Gasteiger partial charge in [0.2, 0.25) is 0 Å². The standard InChI is InChI=1S/C18H21Cl2N3OS/c1-5-23(4)10-21-13-8-12(3)14(9-11(13)2)24-17-22-15(16(19)25-17)18(20)6-7-18/h8-10H,5-7H2,1-4H3. The Labute approximate surface area is 162 Å². The van der Waals surface area contributed by atoms with E-state index in [1.54, 1.807) is 0 Å². The molecule has 1 aliphatic rings. The predicted molar refractivity (Wildman–Crippen MR) is 106 cm³/mol.